The van der Waals surface area contributed by atoms with Crippen molar-refractivity contribution in [3.05, 3.63) is 78.1 Å². The Balaban J connectivity index is 1.27. The highest BCUT2D eigenvalue weighted by atomic mass is 32.2. The van der Waals surface area contributed by atoms with Crippen molar-refractivity contribution in [2.24, 2.45) is 0 Å². The summed E-state index contributed by atoms with van der Waals surface area (Å²) < 4.78 is 37.7. The number of nitrogens with one attached hydrogen (secondary N) is 1. The summed E-state index contributed by atoms with van der Waals surface area (Å²) >= 11 is 0. The van der Waals surface area contributed by atoms with Crippen LogP contribution in [0.2, 0.25) is 0 Å². The lowest BCUT2D eigenvalue weighted by molar-refractivity contribution is -0.145. The molecule has 4 rings (SSSR count). The number of fused-ring (bicyclic) bond motifs is 1. The highest BCUT2D eigenvalue weighted by Gasteiger charge is 2.16. The quantitative estimate of drug-likeness (QED) is 0.407. The molecule has 0 amide bonds. The van der Waals surface area contributed by atoms with Crippen molar-refractivity contribution in [2.45, 2.75) is 24.8 Å². The highest BCUT2D eigenvalue weighted by Crippen LogP contribution is 2.19. The van der Waals surface area contributed by atoms with Crippen LogP contribution in [-0.2, 0) is 26.2 Å². The van der Waals surface area contributed by atoms with Gasteiger partial charge in [0.15, 0.2) is 6.61 Å². The predicted octanol–water partition coefficient (Wildman–Crippen LogP) is 3.61. The summed E-state index contributed by atoms with van der Waals surface area (Å²) in [5, 5.41) is 5.56. The summed E-state index contributed by atoms with van der Waals surface area (Å²) in [5.41, 5.74) is 1.88. The van der Waals surface area contributed by atoms with Gasteiger partial charge in [-0.05, 0) is 42.0 Å². The van der Waals surface area contributed by atoms with Crippen molar-refractivity contribution in [3.63, 3.8) is 0 Å². The highest BCUT2D eigenvalue weighted by molar-refractivity contribution is 7.89. The number of aromatic nitrogens is 2. The summed E-state index contributed by atoms with van der Waals surface area (Å²) in [7, 11) is -3.74. The molecule has 9 heteroatoms. The Morgan fingerprint density at radius 1 is 1.03 bits per heavy atom. The summed E-state index contributed by atoms with van der Waals surface area (Å²) in [6.07, 6.45) is -0.129. The van der Waals surface area contributed by atoms with Crippen molar-refractivity contribution >= 4 is 26.8 Å². The molecule has 0 saturated carbocycles. The van der Waals surface area contributed by atoms with Gasteiger partial charge in [0, 0.05) is 12.1 Å². The lowest BCUT2D eigenvalue weighted by Gasteiger charge is -2.08. The zero-order valence-corrected chi connectivity index (χ0v) is 18.1. The lowest BCUT2D eigenvalue weighted by Crippen LogP contribution is -2.26. The van der Waals surface area contributed by atoms with E-state index in [9.17, 15) is 13.2 Å². The number of nitrogens with zero attached hydrogens (tertiary/aromatic N) is 2. The number of hydrogen-bond donors (Lipinski definition) is 1. The van der Waals surface area contributed by atoms with E-state index in [4.69, 9.17) is 9.26 Å². The standard InChI is InChI=1S/C23H21N3O5S/c1-16-6-8-18(9-7-16)23-25-21(26-31-23)15-30-22(27)12-13-24-32(28,29)20-11-10-17-4-2-3-5-19(17)14-20/h2-11,14,24H,12-13,15H2,1H3. The van der Waals surface area contributed by atoms with Gasteiger partial charge in [-0.2, -0.15) is 4.98 Å². The Hall–Kier alpha value is -3.56. The molecule has 0 saturated heterocycles. The first-order valence-electron chi connectivity index (χ1n) is 9.94. The number of carbonyl (C=O) groups is 1. The Labute approximate surface area is 185 Å². The maximum absolute atomic E-state index is 12.5. The minimum absolute atomic E-state index is 0.0884. The van der Waals surface area contributed by atoms with Crippen LogP contribution in [0, 0.1) is 6.92 Å². The topological polar surface area (TPSA) is 111 Å². The van der Waals surface area contributed by atoms with Gasteiger partial charge in [-0.25, -0.2) is 13.1 Å². The van der Waals surface area contributed by atoms with E-state index in [1.54, 1.807) is 12.1 Å². The van der Waals surface area contributed by atoms with Crippen molar-refractivity contribution in [1.29, 1.82) is 0 Å². The third-order valence-electron chi connectivity index (χ3n) is 4.78. The van der Waals surface area contributed by atoms with Crippen LogP contribution in [0.3, 0.4) is 0 Å². The minimum Gasteiger partial charge on any atom is -0.457 e. The Kier molecular flexibility index (Phi) is 6.29. The van der Waals surface area contributed by atoms with Crippen LogP contribution >= 0.6 is 0 Å². The van der Waals surface area contributed by atoms with Crippen molar-refractivity contribution in [1.82, 2.24) is 14.9 Å². The molecule has 0 fully saturated rings. The second kappa shape index (κ2) is 9.29. The fourth-order valence-electron chi connectivity index (χ4n) is 3.05. The predicted molar refractivity (Wildman–Crippen MR) is 118 cm³/mol. The Bertz CT molecular complexity index is 1350. The number of benzene rings is 3. The van der Waals surface area contributed by atoms with E-state index in [1.165, 1.54) is 6.07 Å². The largest absolute Gasteiger partial charge is 0.457 e. The van der Waals surface area contributed by atoms with E-state index in [2.05, 4.69) is 14.9 Å². The van der Waals surface area contributed by atoms with Gasteiger partial charge in [0.1, 0.15) is 0 Å². The van der Waals surface area contributed by atoms with Gasteiger partial charge in [-0.15, -0.1) is 0 Å². The van der Waals surface area contributed by atoms with Gasteiger partial charge in [-0.1, -0.05) is 53.2 Å². The number of carbonyl (C=O) groups excluding carboxylic acids is 1. The lowest BCUT2D eigenvalue weighted by atomic mass is 10.1. The second-order valence-corrected chi connectivity index (χ2v) is 8.97. The van der Waals surface area contributed by atoms with Gasteiger partial charge in [-0.3, -0.25) is 4.79 Å². The number of esters is 1. The Morgan fingerprint density at radius 2 is 1.78 bits per heavy atom. The molecule has 32 heavy (non-hydrogen) atoms. The molecule has 0 spiro atoms. The second-order valence-electron chi connectivity index (χ2n) is 7.20. The minimum atomic E-state index is -3.74. The van der Waals surface area contributed by atoms with Crippen molar-refractivity contribution in [3.8, 4) is 11.5 Å². The first kappa shape index (κ1) is 21.7. The van der Waals surface area contributed by atoms with Crippen LogP contribution in [0.5, 0.6) is 0 Å². The van der Waals surface area contributed by atoms with Crippen LogP contribution in [0.15, 0.2) is 76.1 Å². The zero-order chi connectivity index (χ0) is 22.6. The smallest absolute Gasteiger partial charge is 0.307 e. The van der Waals surface area contributed by atoms with Crippen LogP contribution < -0.4 is 4.72 Å². The molecule has 0 bridgehead atoms. The molecule has 164 valence electrons. The molecule has 1 N–H and O–H groups in total. The third-order valence-corrected chi connectivity index (χ3v) is 6.24. The molecule has 4 aromatic rings. The fourth-order valence-corrected chi connectivity index (χ4v) is 4.12. The number of hydrogen-bond acceptors (Lipinski definition) is 7. The SMILES string of the molecule is Cc1ccc(-c2nc(COC(=O)CCNS(=O)(=O)c3ccc4ccccc4c3)no2)cc1. The van der Waals surface area contributed by atoms with Gasteiger partial charge in [0.05, 0.1) is 11.3 Å². The van der Waals surface area contributed by atoms with E-state index in [-0.39, 0.29) is 30.3 Å². The van der Waals surface area contributed by atoms with Crippen molar-refractivity contribution in [2.75, 3.05) is 6.54 Å². The molecule has 1 heterocycles. The summed E-state index contributed by atoms with van der Waals surface area (Å²) in [4.78, 5) is 16.3. The fraction of sp³-hybridized carbons (Fsp3) is 0.174. The molecular weight excluding hydrogens is 430 g/mol. The van der Waals surface area contributed by atoms with Gasteiger partial charge in [0.25, 0.3) is 5.89 Å². The molecule has 0 unspecified atom stereocenters. The Morgan fingerprint density at radius 3 is 2.56 bits per heavy atom. The molecule has 0 atom stereocenters. The van der Waals surface area contributed by atoms with Crippen LogP contribution in [0.1, 0.15) is 17.8 Å². The molecule has 1 aromatic heterocycles. The maximum Gasteiger partial charge on any atom is 0.307 e. The molecule has 0 aliphatic rings. The van der Waals surface area contributed by atoms with Crippen molar-refractivity contribution < 1.29 is 22.5 Å². The number of rotatable bonds is 8. The molecule has 8 nitrogen and oxygen atoms in total. The number of aryl methyl sites for hydroxylation is 1. The molecule has 0 radical (unpaired) electrons. The zero-order valence-electron chi connectivity index (χ0n) is 17.3. The number of ether oxygens (including phenoxy) is 1. The third kappa shape index (κ3) is 5.19. The summed E-state index contributed by atoms with van der Waals surface area (Å²) in [6.45, 7) is 1.73. The normalized spacial score (nSPS) is 11.5. The van der Waals surface area contributed by atoms with Gasteiger partial charge in [0.2, 0.25) is 15.8 Å². The van der Waals surface area contributed by atoms with E-state index in [0.717, 1.165) is 21.9 Å². The van der Waals surface area contributed by atoms with E-state index in [0.29, 0.717) is 5.89 Å². The summed E-state index contributed by atoms with van der Waals surface area (Å²) in [6, 6.07) is 19.9. The summed E-state index contributed by atoms with van der Waals surface area (Å²) in [5.74, 6) is -0.0160. The van der Waals surface area contributed by atoms with Crippen LogP contribution in [0.4, 0.5) is 0 Å². The first-order chi connectivity index (χ1) is 15.4. The van der Waals surface area contributed by atoms with Gasteiger partial charge < -0.3 is 9.26 Å². The van der Waals surface area contributed by atoms with E-state index < -0.39 is 16.0 Å². The molecule has 0 aliphatic heterocycles. The molecule has 3 aromatic carbocycles. The maximum atomic E-state index is 12.5. The van der Waals surface area contributed by atoms with Gasteiger partial charge >= 0.3 is 5.97 Å². The number of sulfonamides is 1. The van der Waals surface area contributed by atoms with E-state index >= 15 is 0 Å². The monoisotopic (exact) mass is 451 g/mol. The average molecular weight is 452 g/mol. The van der Waals surface area contributed by atoms with Crippen LogP contribution in [-0.4, -0.2) is 31.1 Å². The molecular formula is C23H21N3O5S. The van der Waals surface area contributed by atoms with Crippen LogP contribution in [0.25, 0.3) is 22.2 Å². The first-order valence-corrected chi connectivity index (χ1v) is 11.4. The van der Waals surface area contributed by atoms with E-state index in [1.807, 2.05) is 55.5 Å². The molecule has 0 aliphatic carbocycles. The average Bonchev–Trinajstić information content (AvgIpc) is 3.27.